The zero-order valence-electron chi connectivity index (χ0n) is 17.6. The number of aryl methyl sites for hydroxylation is 1. The smallest absolute Gasteiger partial charge is 0.243 e. The Bertz CT molecular complexity index is 1210. The first-order chi connectivity index (χ1) is 15.3. The van der Waals surface area contributed by atoms with Crippen LogP contribution in [0.2, 0.25) is 0 Å². The minimum atomic E-state index is -3.90. The fourth-order valence-electron chi connectivity index (χ4n) is 3.58. The zero-order chi connectivity index (χ0) is 22.7. The van der Waals surface area contributed by atoms with Gasteiger partial charge >= 0.3 is 0 Å². The van der Waals surface area contributed by atoms with Gasteiger partial charge in [-0.15, -0.1) is 0 Å². The van der Waals surface area contributed by atoms with Crippen LogP contribution in [0.15, 0.2) is 65.6 Å². The Hall–Kier alpha value is -2.81. The number of hydrogen-bond acceptors (Lipinski definition) is 4. The third-order valence-corrected chi connectivity index (χ3v) is 7.28. The van der Waals surface area contributed by atoms with E-state index in [9.17, 15) is 17.2 Å². The highest BCUT2D eigenvalue weighted by Crippen LogP contribution is 2.29. The normalized spacial score (nSPS) is 14.5. The molecule has 0 atom stereocenters. The van der Waals surface area contributed by atoms with Crippen molar-refractivity contribution in [1.29, 1.82) is 0 Å². The Morgan fingerprint density at radius 1 is 0.938 bits per heavy atom. The second kappa shape index (κ2) is 9.36. The van der Waals surface area contributed by atoms with Crippen molar-refractivity contribution in [2.75, 3.05) is 13.2 Å². The summed E-state index contributed by atoms with van der Waals surface area (Å²) in [5, 5.41) is 0. The molecule has 8 heteroatoms. The molecule has 3 aromatic carbocycles. The highest BCUT2D eigenvalue weighted by Gasteiger charge is 2.29. The summed E-state index contributed by atoms with van der Waals surface area (Å²) in [5.41, 5.74) is 2.91. The van der Waals surface area contributed by atoms with Crippen LogP contribution in [0, 0.1) is 18.6 Å². The van der Waals surface area contributed by atoms with Gasteiger partial charge in [0.2, 0.25) is 10.0 Å². The Labute approximate surface area is 186 Å². The average molecular weight is 460 g/mol. The highest BCUT2D eigenvalue weighted by atomic mass is 32.2. The van der Waals surface area contributed by atoms with Crippen molar-refractivity contribution in [2.45, 2.75) is 31.6 Å². The lowest BCUT2D eigenvalue weighted by Crippen LogP contribution is -2.33. The van der Waals surface area contributed by atoms with Crippen LogP contribution in [0.4, 0.5) is 8.78 Å². The number of nitrogens with zero attached hydrogens (tertiary/aromatic N) is 1. The topological polar surface area (TPSA) is 55.8 Å². The van der Waals surface area contributed by atoms with Crippen LogP contribution in [0.5, 0.6) is 5.75 Å². The summed E-state index contributed by atoms with van der Waals surface area (Å²) in [4.78, 5) is -0.0419. The third kappa shape index (κ3) is 4.98. The van der Waals surface area contributed by atoms with E-state index in [1.807, 2.05) is 12.1 Å². The minimum absolute atomic E-state index is 0.0419. The molecule has 1 aliphatic rings. The van der Waals surface area contributed by atoms with Gasteiger partial charge in [0.25, 0.3) is 0 Å². The molecule has 0 bridgehead atoms. The summed E-state index contributed by atoms with van der Waals surface area (Å²) in [6.45, 7) is 2.74. The fourth-order valence-corrected chi connectivity index (χ4v) is 5.22. The summed E-state index contributed by atoms with van der Waals surface area (Å²) in [6, 6.07) is 15.4. The molecule has 4 rings (SSSR count). The number of halogens is 2. The first-order valence-electron chi connectivity index (χ1n) is 10.2. The SMILES string of the molecule is Cc1ccc(F)cc1S(=O)(=O)N1CCOc2ccc(COCc3ccc(F)cc3)cc2C1. The maximum atomic E-state index is 13.7. The number of benzene rings is 3. The zero-order valence-corrected chi connectivity index (χ0v) is 18.4. The Balaban J connectivity index is 1.50. The number of fused-ring (bicyclic) bond motifs is 1. The van der Waals surface area contributed by atoms with Gasteiger partial charge in [-0.1, -0.05) is 24.3 Å². The van der Waals surface area contributed by atoms with E-state index in [0.717, 1.165) is 17.2 Å². The van der Waals surface area contributed by atoms with Crippen molar-refractivity contribution in [1.82, 2.24) is 4.31 Å². The molecule has 1 aliphatic heterocycles. The molecule has 0 spiro atoms. The summed E-state index contributed by atoms with van der Waals surface area (Å²) in [6.07, 6.45) is 0. The first-order valence-corrected chi connectivity index (χ1v) is 11.6. The van der Waals surface area contributed by atoms with Gasteiger partial charge in [-0.25, -0.2) is 17.2 Å². The molecule has 0 amide bonds. The maximum absolute atomic E-state index is 13.7. The number of ether oxygens (including phenoxy) is 2. The van der Waals surface area contributed by atoms with Gasteiger partial charge in [-0.3, -0.25) is 0 Å². The second-order valence-electron chi connectivity index (χ2n) is 7.66. The Morgan fingerprint density at radius 3 is 2.41 bits per heavy atom. The lowest BCUT2D eigenvalue weighted by Gasteiger charge is -2.21. The average Bonchev–Trinajstić information content (AvgIpc) is 2.99. The van der Waals surface area contributed by atoms with Crippen LogP contribution >= 0.6 is 0 Å². The first kappa shape index (κ1) is 22.4. The number of sulfonamides is 1. The third-order valence-electron chi connectivity index (χ3n) is 5.29. The number of hydrogen-bond donors (Lipinski definition) is 0. The van der Waals surface area contributed by atoms with Crippen molar-refractivity contribution in [3.8, 4) is 5.75 Å². The molecule has 0 aromatic heterocycles. The summed E-state index contributed by atoms with van der Waals surface area (Å²) in [5.74, 6) is -0.283. The van der Waals surface area contributed by atoms with Gasteiger partial charge in [-0.05, 0) is 60.0 Å². The minimum Gasteiger partial charge on any atom is -0.492 e. The predicted octanol–water partition coefficient (Wildman–Crippen LogP) is 4.57. The fraction of sp³-hybridized carbons (Fsp3) is 0.250. The van der Waals surface area contributed by atoms with Crippen molar-refractivity contribution < 1.29 is 26.7 Å². The summed E-state index contributed by atoms with van der Waals surface area (Å²) < 4.78 is 66.0. The van der Waals surface area contributed by atoms with Crippen LogP contribution in [0.25, 0.3) is 0 Å². The standard InChI is InChI=1S/C24H23F2NO4S/c1-17-2-6-22(26)13-24(17)32(28,29)27-10-11-31-23-9-5-19(12-20(23)14-27)16-30-15-18-3-7-21(25)8-4-18/h2-9,12-13H,10-11,14-16H2,1H3. The van der Waals surface area contributed by atoms with Crippen LogP contribution in [0.1, 0.15) is 22.3 Å². The molecule has 0 saturated heterocycles. The Morgan fingerprint density at radius 2 is 1.62 bits per heavy atom. The van der Waals surface area contributed by atoms with Gasteiger partial charge in [0, 0.05) is 18.7 Å². The predicted molar refractivity (Wildman–Crippen MR) is 116 cm³/mol. The van der Waals surface area contributed by atoms with E-state index in [4.69, 9.17) is 9.47 Å². The number of rotatable bonds is 6. The van der Waals surface area contributed by atoms with Gasteiger partial charge in [0.1, 0.15) is 24.0 Å². The van der Waals surface area contributed by atoms with E-state index in [1.54, 1.807) is 25.1 Å². The van der Waals surface area contributed by atoms with E-state index < -0.39 is 15.8 Å². The van der Waals surface area contributed by atoms with Crippen molar-refractivity contribution in [3.63, 3.8) is 0 Å². The molecule has 168 valence electrons. The van der Waals surface area contributed by atoms with Gasteiger partial charge in [-0.2, -0.15) is 4.31 Å². The molecule has 0 radical (unpaired) electrons. The van der Waals surface area contributed by atoms with Crippen molar-refractivity contribution in [2.24, 2.45) is 0 Å². The van der Waals surface area contributed by atoms with E-state index in [-0.39, 0.29) is 30.4 Å². The highest BCUT2D eigenvalue weighted by molar-refractivity contribution is 7.89. The van der Waals surface area contributed by atoms with Gasteiger partial charge < -0.3 is 9.47 Å². The largest absolute Gasteiger partial charge is 0.492 e. The lowest BCUT2D eigenvalue weighted by molar-refractivity contribution is 0.107. The van der Waals surface area contributed by atoms with Crippen molar-refractivity contribution >= 4 is 10.0 Å². The molecule has 0 aliphatic carbocycles. The van der Waals surface area contributed by atoms with E-state index in [1.165, 1.54) is 28.6 Å². The molecule has 0 fully saturated rings. The molecule has 3 aromatic rings. The molecule has 0 unspecified atom stereocenters. The van der Waals surface area contributed by atoms with Crippen LogP contribution in [0.3, 0.4) is 0 Å². The maximum Gasteiger partial charge on any atom is 0.243 e. The molecule has 0 saturated carbocycles. The van der Waals surface area contributed by atoms with Gasteiger partial charge in [0.15, 0.2) is 0 Å². The molecular weight excluding hydrogens is 436 g/mol. The quantitative estimate of drug-likeness (QED) is 0.542. The van der Waals surface area contributed by atoms with Crippen molar-refractivity contribution in [3.05, 3.63) is 94.6 Å². The summed E-state index contributed by atoms with van der Waals surface area (Å²) in [7, 11) is -3.90. The van der Waals surface area contributed by atoms with Crippen LogP contribution < -0.4 is 4.74 Å². The van der Waals surface area contributed by atoms with Crippen LogP contribution in [-0.4, -0.2) is 25.9 Å². The second-order valence-corrected chi connectivity index (χ2v) is 9.56. The van der Waals surface area contributed by atoms with E-state index >= 15 is 0 Å². The molecule has 32 heavy (non-hydrogen) atoms. The molecular formula is C24H23F2NO4S. The molecule has 1 heterocycles. The lowest BCUT2D eigenvalue weighted by atomic mass is 10.1. The van der Waals surface area contributed by atoms with E-state index in [0.29, 0.717) is 30.1 Å². The molecule has 0 N–H and O–H groups in total. The monoisotopic (exact) mass is 459 g/mol. The summed E-state index contributed by atoms with van der Waals surface area (Å²) >= 11 is 0. The van der Waals surface area contributed by atoms with Gasteiger partial charge in [0.05, 0.1) is 18.1 Å². The molecule has 5 nitrogen and oxygen atoms in total. The van der Waals surface area contributed by atoms with Crippen LogP contribution in [-0.2, 0) is 34.5 Å². The van der Waals surface area contributed by atoms with E-state index in [2.05, 4.69) is 0 Å². The Kier molecular flexibility index (Phi) is 6.55.